The van der Waals surface area contributed by atoms with Crippen LogP contribution in [0, 0.1) is 11.3 Å². The number of hydrogen-bond acceptors (Lipinski definition) is 6. The van der Waals surface area contributed by atoms with E-state index < -0.39 is 41.6 Å². The first-order valence-electron chi connectivity index (χ1n) is 8.83. The lowest BCUT2D eigenvalue weighted by Crippen LogP contribution is -2.29. The van der Waals surface area contributed by atoms with Gasteiger partial charge in [-0.15, -0.1) is 0 Å². The van der Waals surface area contributed by atoms with Crippen LogP contribution in [0.3, 0.4) is 0 Å². The first kappa shape index (κ1) is 22.6. The molecular formula is C19H13F5N6O2. The molecule has 0 spiro atoms. The van der Waals surface area contributed by atoms with Gasteiger partial charge in [0.15, 0.2) is 11.6 Å². The van der Waals surface area contributed by atoms with E-state index in [0.29, 0.717) is 17.7 Å². The number of pyridine rings is 1. The molecule has 2 aromatic heterocycles. The Bertz CT molecular complexity index is 1150. The number of amides is 1. The van der Waals surface area contributed by atoms with Gasteiger partial charge < -0.3 is 10.1 Å². The lowest BCUT2D eigenvalue weighted by Gasteiger charge is -2.16. The van der Waals surface area contributed by atoms with Crippen LogP contribution >= 0.6 is 0 Å². The number of benzene rings is 1. The van der Waals surface area contributed by atoms with Crippen molar-refractivity contribution in [2.75, 3.05) is 0 Å². The van der Waals surface area contributed by atoms with E-state index in [9.17, 15) is 26.7 Å². The molecule has 3 rings (SSSR count). The Morgan fingerprint density at radius 2 is 1.97 bits per heavy atom. The van der Waals surface area contributed by atoms with E-state index >= 15 is 0 Å². The Labute approximate surface area is 177 Å². The van der Waals surface area contributed by atoms with Crippen LogP contribution in [-0.4, -0.2) is 32.3 Å². The van der Waals surface area contributed by atoms with Crippen LogP contribution in [0.2, 0.25) is 0 Å². The SMILES string of the molecule is CC(NC(=O)c1cc(OC(F)F)cc(C(F)(F)F)c1)c1ncnn1-c1ccc(C#N)cn1. The van der Waals surface area contributed by atoms with Gasteiger partial charge in [0.1, 0.15) is 18.1 Å². The molecule has 0 aliphatic carbocycles. The van der Waals surface area contributed by atoms with E-state index in [-0.39, 0.29) is 11.6 Å². The number of rotatable bonds is 6. The highest BCUT2D eigenvalue weighted by molar-refractivity contribution is 5.95. The van der Waals surface area contributed by atoms with Crippen LogP contribution in [0.4, 0.5) is 22.0 Å². The quantitative estimate of drug-likeness (QED) is 0.573. The number of aromatic nitrogens is 4. The number of ether oxygens (including phenoxy) is 1. The fraction of sp³-hybridized carbons (Fsp3) is 0.211. The zero-order chi connectivity index (χ0) is 23.5. The minimum atomic E-state index is -4.89. The smallest absolute Gasteiger partial charge is 0.416 e. The second-order valence-corrected chi connectivity index (χ2v) is 6.36. The lowest BCUT2D eigenvalue weighted by atomic mass is 10.1. The summed E-state index contributed by atoms with van der Waals surface area (Å²) in [5.74, 6) is -1.32. The Kier molecular flexibility index (Phi) is 6.33. The minimum absolute atomic E-state index is 0.187. The number of halogens is 5. The van der Waals surface area contributed by atoms with Gasteiger partial charge in [-0.3, -0.25) is 4.79 Å². The highest BCUT2D eigenvalue weighted by Crippen LogP contribution is 2.33. The molecule has 2 heterocycles. The summed E-state index contributed by atoms with van der Waals surface area (Å²) < 4.78 is 69.6. The van der Waals surface area contributed by atoms with Crippen molar-refractivity contribution in [1.82, 2.24) is 25.1 Å². The molecule has 0 saturated carbocycles. The third kappa shape index (κ3) is 5.15. The first-order chi connectivity index (χ1) is 15.1. The van der Waals surface area contributed by atoms with Crippen LogP contribution < -0.4 is 10.1 Å². The maximum Gasteiger partial charge on any atom is 0.416 e. The summed E-state index contributed by atoms with van der Waals surface area (Å²) in [6.45, 7) is -1.88. The monoisotopic (exact) mass is 452 g/mol. The summed E-state index contributed by atoms with van der Waals surface area (Å²) in [5, 5.41) is 15.3. The zero-order valence-corrected chi connectivity index (χ0v) is 16.1. The number of carbonyl (C=O) groups excluding carboxylic acids is 1. The molecule has 0 radical (unpaired) electrons. The molecule has 8 nitrogen and oxygen atoms in total. The highest BCUT2D eigenvalue weighted by atomic mass is 19.4. The summed E-state index contributed by atoms with van der Waals surface area (Å²) in [6.07, 6.45) is -2.41. The number of nitrogens with zero attached hydrogens (tertiary/aromatic N) is 5. The van der Waals surface area contributed by atoms with Gasteiger partial charge in [-0.2, -0.15) is 37.0 Å². The predicted molar refractivity (Wildman–Crippen MR) is 97.8 cm³/mol. The molecule has 0 aliphatic rings. The van der Waals surface area contributed by atoms with Gasteiger partial charge in [0, 0.05) is 11.8 Å². The lowest BCUT2D eigenvalue weighted by molar-refractivity contribution is -0.138. The topological polar surface area (TPSA) is 106 Å². The molecule has 32 heavy (non-hydrogen) atoms. The van der Waals surface area contributed by atoms with E-state index in [1.54, 1.807) is 0 Å². The molecule has 1 N–H and O–H groups in total. The normalized spacial score (nSPS) is 12.3. The van der Waals surface area contributed by atoms with Crippen LogP contribution in [0.1, 0.15) is 40.3 Å². The Balaban J connectivity index is 1.86. The van der Waals surface area contributed by atoms with Crippen molar-refractivity contribution >= 4 is 5.91 Å². The maximum absolute atomic E-state index is 13.1. The van der Waals surface area contributed by atoms with Crippen LogP contribution in [-0.2, 0) is 6.18 Å². The molecule has 1 aromatic carbocycles. The van der Waals surface area contributed by atoms with Gasteiger partial charge in [0.2, 0.25) is 0 Å². The van der Waals surface area contributed by atoms with Gasteiger partial charge in [0.25, 0.3) is 5.91 Å². The molecule has 1 unspecified atom stereocenters. The second-order valence-electron chi connectivity index (χ2n) is 6.36. The third-order valence-corrected chi connectivity index (χ3v) is 4.12. The molecule has 0 fully saturated rings. The number of nitriles is 1. The van der Waals surface area contributed by atoms with Crippen molar-refractivity contribution in [3.63, 3.8) is 0 Å². The molecule has 1 atom stereocenters. The van der Waals surface area contributed by atoms with Gasteiger partial charge in [0.05, 0.1) is 17.2 Å². The van der Waals surface area contributed by atoms with Crippen molar-refractivity contribution in [2.45, 2.75) is 25.8 Å². The van der Waals surface area contributed by atoms with E-state index in [2.05, 4.69) is 25.1 Å². The summed E-state index contributed by atoms with van der Waals surface area (Å²) >= 11 is 0. The number of carbonyl (C=O) groups is 1. The zero-order valence-electron chi connectivity index (χ0n) is 16.1. The molecule has 0 aliphatic heterocycles. The van der Waals surface area contributed by atoms with E-state index in [1.807, 2.05) is 6.07 Å². The minimum Gasteiger partial charge on any atom is -0.435 e. The molecule has 13 heteroatoms. The van der Waals surface area contributed by atoms with E-state index in [0.717, 1.165) is 6.07 Å². The summed E-state index contributed by atoms with van der Waals surface area (Å²) in [6, 6.07) is 5.70. The van der Waals surface area contributed by atoms with Crippen molar-refractivity contribution in [1.29, 1.82) is 5.26 Å². The second kappa shape index (κ2) is 8.96. The third-order valence-electron chi connectivity index (χ3n) is 4.12. The van der Waals surface area contributed by atoms with Crippen molar-refractivity contribution in [3.8, 4) is 17.6 Å². The van der Waals surface area contributed by atoms with E-state index in [1.165, 1.54) is 36.3 Å². The van der Waals surface area contributed by atoms with Gasteiger partial charge in [-0.05, 0) is 37.3 Å². The molecule has 0 bridgehead atoms. The van der Waals surface area contributed by atoms with Crippen molar-refractivity contribution < 1.29 is 31.5 Å². The van der Waals surface area contributed by atoms with Gasteiger partial charge in [-0.1, -0.05) is 0 Å². The summed E-state index contributed by atoms with van der Waals surface area (Å²) in [5.41, 5.74) is -1.55. The predicted octanol–water partition coefficient (Wildman–Crippen LogP) is 3.65. The standard InChI is InChI=1S/C19H13F5N6O2/c1-10(16-27-9-28-30(16)15-3-2-11(7-25)8-26-15)29-17(31)12-4-13(19(22,23)24)6-14(5-12)32-18(20)21/h2-6,8-10,18H,1H3,(H,29,31). The largest absolute Gasteiger partial charge is 0.435 e. The Morgan fingerprint density at radius 1 is 1.22 bits per heavy atom. The molecule has 1 amide bonds. The van der Waals surface area contributed by atoms with Crippen LogP contribution in [0.25, 0.3) is 5.82 Å². The van der Waals surface area contributed by atoms with Crippen LogP contribution in [0.15, 0.2) is 42.9 Å². The Morgan fingerprint density at radius 3 is 2.56 bits per heavy atom. The average molecular weight is 452 g/mol. The van der Waals surface area contributed by atoms with Crippen molar-refractivity contribution in [3.05, 3.63) is 65.4 Å². The molecule has 166 valence electrons. The number of alkyl halides is 5. The molecular weight excluding hydrogens is 439 g/mol. The van der Waals surface area contributed by atoms with Gasteiger partial charge >= 0.3 is 12.8 Å². The number of hydrogen-bond donors (Lipinski definition) is 1. The number of nitrogens with one attached hydrogen (secondary N) is 1. The van der Waals surface area contributed by atoms with E-state index in [4.69, 9.17) is 5.26 Å². The highest BCUT2D eigenvalue weighted by Gasteiger charge is 2.32. The first-order valence-corrected chi connectivity index (χ1v) is 8.83. The van der Waals surface area contributed by atoms with Crippen LogP contribution in [0.5, 0.6) is 5.75 Å². The maximum atomic E-state index is 13.1. The molecule has 3 aromatic rings. The average Bonchev–Trinajstić information content (AvgIpc) is 3.22. The van der Waals surface area contributed by atoms with Gasteiger partial charge in [-0.25, -0.2) is 9.97 Å². The van der Waals surface area contributed by atoms with Crippen molar-refractivity contribution in [2.24, 2.45) is 0 Å². The Hall–Kier alpha value is -4.08. The fourth-order valence-electron chi connectivity index (χ4n) is 2.71. The molecule has 0 saturated heterocycles. The summed E-state index contributed by atoms with van der Waals surface area (Å²) in [7, 11) is 0. The summed E-state index contributed by atoms with van der Waals surface area (Å²) in [4.78, 5) is 20.7. The fourth-order valence-corrected chi connectivity index (χ4v) is 2.71.